The van der Waals surface area contributed by atoms with Crippen molar-refractivity contribution in [1.29, 1.82) is 0 Å². The van der Waals surface area contributed by atoms with Crippen molar-refractivity contribution in [2.24, 2.45) is 0 Å². The normalized spacial score (nSPS) is 15.6. The van der Waals surface area contributed by atoms with E-state index in [-0.39, 0.29) is 12.4 Å². The first kappa shape index (κ1) is 26.1. The Balaban J connectivity index is 0.00000306. The van der Waals surface area contributed by atoms with Gasteiger partial charge in [0, 0.05) is 30.5 Å². The number of para-hydroxylation sites is 1. The second-order valence-corrected chi connectivity index (χ2v) is 10.3. The predicted molar refractivity (Wildman–Crippen MR) is 132 cm³/mol. The van der Waals surface area contributed by atoms with Gasteiger partial charge in [0.15, 0.2) is 0 Å². The highest BCUT2D eigenvalue weighted by molar-refractivity contribution is 7.99. The zero-order chi connectivity index (χ0) is 22.3. The number of anilines is 2. The van der Waals surface area contributed by atoms with E-state index in [1.165, 1.54) is 29.8 Å². The number of nitrogens with zero attached hydrogens (tertiary/aromatic N) is 3. The molecule has 33 heavy (non-hydrogen) atoms. The highest BCUT2D eigenvalue weighted by Crippen LogP contribution is 2.47. The topological polar surface area (TPSA) is 40.9 Å². The van der Waals surface area contributed by atoms with Gasteiger partial charge < -0.3 is 27.1 Å². The fraction of sp³-hybridized carbons (Fsp3) is 0.520. The van der Waals surface area contributed by atoms with Gasteiger partial charge in [-0.15, -0.1) is 0 Å². The van der Waals surface area contributed by atoms with Crippen LogP contribution in [0.5, 0.6) is 0 Å². The molecule has 8 heteroatoms. The van der Waals surface area contributed by atoms with Crippen molar-refractivity contribution in [3.05, 3.63) is 41.6 Å². The van der Waals surface area contributed by atoms with Crippen LogP contribution in [-0.4, -0.2) is 55.1 Å². The molecule has 2 aliphatic rings. The summed E-state index contributed by atoms with van der Waals surface area (Å²) in [5.41, 5.74) is 1.23. The Morgan fingerprint density at radius 2 is 1.91 bits per heavy atom. The smallest absolute Gasteiger partial charge is 0.222 e. The average Bonchev–Trinajstić information content (AvgIpc) is 2.81. The van der Waals surface area contributed by atoms with E-state index in [0.717, 1.165) is 69.2 Å². The van der Waals surface area contributed by atoms with E-state index < -0.39 is 0 Å². The van der Waals surface area contributed by atoms with Crippen molar-refractivity contribution in [3.8, 4) is 0 Å². The number of carbonyl (C=O) groups is 1. The summed E-state index contributed by atoms with van der Waals surface area (Å²) in [6, 6.07) is 10.5. The van der Waals surface area contributed by atoms with E-state index in [1.54, 1.807) is 22.9 Å². The lowest BCUT2D eigenvalue weighted by molar-refractivity contribution is -0.904. The molecule has 0 bridgehead atoms. The highest BCUT2D eigenvalue weighted by Gasteiger charge is 2.26. The summed E-state index contributed by atoms with van der Waals surface area (Å²) in [7, 11) is 0. The minimum Gasteiger partial charge on any atom is -1.00 e. The van der Waals surface area contributed by atoms with E-state index in [0.29, 0.717) is 10.9 Å². The van der Waals surface area contributed by atoms with Crippen LogP contribution < -0.4 is 22.2 Å². The number of pyridine rings is 1. The summed E-state index contributed by atoms with van der Waals surface area (Å²) >= 11 is 7.95. The number of rotatable bonds is 9. The number of hydrogen-bond acceptors (Lipinski definition) is 4. The zero-order valence-electron chi connectivity index (χ0n) is 19.4. The van der Waals surface area contributed by atoms with Crippen LogP contribution in [0.25, 0.3) is 0 Å². The first-order valence-electron chi connectivity index (χ1n) is 12.0. The SMILES string of the molecule is CCCCCCC(=O)N1CC[NH+](CCCN2c3ccccc3Sc3cc(Cl)cnc32)CC1.[Cl-]. The van der Waals surface area contributed by atoms with Crippen molar-refractivity contribution in [3.63, 3.8) is 0 Å². The minimum absolute atomic E-state index is 0. The van der Waals surface area contributed by atoms with E-state index >= 15 is 0 Å². The summed E-state index contributed by atoms with van der Waals surface area (Å²) in [5, 5.41) is 0.679. The van der Waals surface area contributed by atoms with E-state index in [2.05, 4.69) is 46.0 Å². The first-order chi connectivity index (χ1) is 15.7. The Morgan fingerprint density at radius 3 is 2.70 bits per heavy atom. The van der Waals surface area contributed by atoms with Crippen molar-refractivity contribution < 1.29 is 22.1 Å². The second kappa shape index (κ2) is 12.8. The number of benzene rings is 1. The number of halogens is 2. The molecule has 3 heterocycles. The largest absolute Gasteiger partial charge is 1.00 e. The second-order valence-electron chi connectivity index (χ2n) is 8.74. The molecule has 0 spiro atoms. The molecule has 5 nitrogen and oxygen atoms in total. The molecule has 1 fully saturated rings. The minimum atomic E-state index is 0. The van der Waals surface area contributed by atoms with Gasteiger partial charge in [-0.1, -0.05) is 61.7 Å². The van der Waals surface area contributed by atoms with Crippen molar-refractivity contribution in [2.75, 3.05) is 44.2 Å². The number of amides is 1. The fourth-order valence-electron chi connectivity index (χ4n) is 4.59. The average molecular weight is 510 g/mol. The van der Waals surface area contributed by atoms with Gasteiger partial charge >= 0.3 is 0 Å². The van der Waals surface area contributed by atoms with Gasteiger partial charge in [-0.3, -0.25) is 4.79 Å². The molecule has 1 N–H and O–H groups in total. The van der Waals surface area contributed by atoms with Gasteiger partial charge in [0.2, 0.25) is 5.91 Å². The molecular weight excluding hydrogens is 475 g/mol. The number of aromatic nitrogens is 1. The van der Waals surface area contributed by atoms with Gasteiger partial charge in [-0.05, 0) is 24.6 Å². The lowest BCUT2D eigenvalue weighted by Crippen LogP contribution is -3.14. The monoisotopic (exact) mass is 508 g/mol. The fourth-order valence-corrected chi connectivity index (χ4v) is 5.92. The highest BCUT2D eigenvalue weighted by atomic mass is 35.5. The standard InChI is InChI=1S/C25H33ClN4OS.ClH/c1-2-3-4-5-11-24(31)29-16-14-28(15-17-29)12-8-13-30-21-9-6-7-10-22(21)32-23-18-20(26)19-27-25(23)30;/h6-7,9-10,18-19H,2-5,8,11-17H2,1H3;1H. The number of quaternary nitrogens is 1. The summed E-state index contributed by atoms with van der Waals surface area (Å²) < 4.78 is 0. The summed E-state index contributed by atoms with van der Waals surface area (Å²) in [4.78, 5) is 25.5. The summed E-state index contributed by atoms with van der Waals surface area (Å²) in [6.07, 6.45) is 8.21. The molecular formula is C25H34Cl2N4OS. The molecule has 0 atom stereocenters. The molecule has 2 aromatic rings. The molecule has 0 aliphatic carbocycles. The van der Waals surface area contributed by atoms with Crippen LogP contribution >= 0.6 is 23.4 Å². The van der Waals surface area contributed by atoms with E-state index in [9.17, 15) is 4.79 Å². The van der Waals surface area contributed by atoms with Crippen LogP contribution in [0.2, 0.25) is 5.02 Å². The lowest BCUT2D eigenvalue weighted by atomic mass is 10.1. The van der Waals surface area contributed by atoms with Crippen LogP contribution in [0.1, 0.15) is 45.4 Å². The van der Waals surface area contributed by atoms with Crippen LogP contribution in [0.3, 0.4) is 0 Å². The Kier molecular flexibility index (Phi) is 10.2. The Hall–Kier alpha value is -1.47. The third kappa shape index (κ3) is 6.78. The van der Waals surface area contributed by atoms with Crippen molar-refractivity contribution in [1.82, 2.24) is 9.88 Å². The molecule has 1 amide bonds. The number of unbranched alkanes of at least 4 members (excludes halogenated alkanes) is 3. The number of nitrogens with one attached hydrogen (secondary N) is 1. The van der Waals surface area contributed by atoms with Gasteiger partial charge in [0.1, 0.15) is 5.82 Å². The van der Waals surface area contributed by atoms with Gasteiger partial charge in [-0.25, -0.2) is 4.98 Å². The number of carbonyl (C=O) groups excluding carboxylic acids is 1. The Labute approximate surface area is 213 Å². The van der Waals surface area contributed by atoms with Crippen LogP contribution in [0, 0.1) is 0 Å². The molecule has 1 aromatic heterocycles. The quantitative estimate of drug-likeness (QED) is 0.520. The van der Waals surface area contributed by atoms with E-state index in [4.69, 9.17) is 11.6 Å². The summed E-state index contributed by atoms with van der Waals surface area (Å²) in [6.45, 7) is 8.16. The van der Waals surface area contributed by atoms with Gasteiger partial charge in [0.05, 0.1) is 48.3 Å². The number of hydrogen-bond donors (Lipinski definition) is 1. The maximum atomic E-state index is 12.4. The molecule has 4 rings (SSSR count). The van der Waals surface area contributed by atoms with Gasteiger partial charge in [-0.2, -0.15) is 0 Å². The van der Waals surface area contributed by atoms with Crippen LogP contribution in [0.4, 0.5) is 11.5 Å². The van der Waals surface area contributed by atoms with Gasteiger partial charge in [0.25, 0.3) is 0 Å². The summed E-state index contributed by atoms with van der Waals surface area (Å²) in [5.74, 6) is 1.36. The molecule has 1 saturated heterocycles. The molecule has 1 aromatic carbocycles. The maximum Gasteiger partial charge on any atom is 0.222 e. The van der Waals surface area contributed by atoms with Crippen molar-refractivity contribution in [2.45, 2.75) is 55.2 Å². The Morgan fingerprint density at radius 1 is 1.12 bits per heavy atom. The zero-order valence-corrected chi connectivity index (χ0v) is 21.7. The third-order valence-corrected chi connectivity index (χ3v) is 7.70. The maximum absolute atomic E-state index is 12.4. The van der Waals surface area contributed by atoms with E-state index in [1.807, 2.05) is 6.07 Å². The number of fused-ring (bicyclic) bond motifs is 2. The first-order valence-corrected chi connectivity index (χ1v) is 13.2. The molecule has 180 valence electrons. The molecule has 0 unspecified atom stereocenters. The predicted octanol–water partition coefficient (Wildman–Crippen LogP) is 1.43. The van der Waals surface area contributed by atoms with Crippen molar-refractivity contribution >= 4 is 40.8 Å². The van der Waals surface area contributed by atoms with Crippen LogP contribution in [-0.2, 0) is 4.79 Å². The lowest BCUT2D eigenvalue weighted by Gasteiger charge is -2.34. The molecule has 0 saturated carbocycles. The third-order valence-electron chi connectivity index (χ3n) is 6.41. The molecule has 2 aliphatic heterocycles. The Bertz CT molecular complexity index is 921. The molecule has 0 radical (unpaired) electrons. The van der Waals surface area contributed by atoms with Crippen LogP contribution in [0.15, 0.2) is 46.3 Å². The number of piperazine rings is 1.